The molecule has 0 saturated carbocycles. The number of aliphatic hydroxyl groups is 1. The first-order valence-corrected chi connectivity index (χ1v) is 3.93. The predicted molar refractivity (Wildman–Crippen MR) is 39.8 cm³/mol. The number of ether oxygens (including phenoxy) is 1. The minimum Gasteiger partial charge on any atom is -0.396 e. The van der Waals surface area contributed by atoms with Crippen LogP contribution < -0.4 is 0 Å². The Morgan fingerprint density at radius 3 is 2.91 bits per heavy atom. The normalized spacial score (nSPS) is 30.2. The molecule has 3 nitrogen and oxygen atoms in total. The van der Waals surface area contributed by atoms with Gasteiger partial charge in [0.25, 0.3) is 0 Å². The summed E-state index contributed by atoms with van der Waals surface area (Å²) in [4.78, 5) is 0. The molecule has 1 atom stereocenters. The van der Waals surface area contributed by atoms with Crippen molar-refractivity contribution in [1.82, 2.24) is 0 Å². The van der Waals surface area contributed by atoms with Crippen molar-refractivity contribution in [2.75, 3.05) is 19.8 Å². The molecule has 0 aromatic heterocycles. The number of hydrogen-bond donors (Lipinski definition) is 1. The van der Waals surface area contributed by atoms with E-state index in [9.17, 15) is 0 Å². The van der Waals surface area contributed by atoms with E-state index in [1.807, 2.05) is 0 Å². The molecule has 1 fully saturated rings. The van der Waals surface area contributed by atoms with Crippen molar-refractivity contribution in [3.8, 4) is 6.07 Å². The first-order chi connectivity index (χ1) is 5.33. The van der Waals surface area contributed by atoms with Gasteiger partial charge in [-0.15, -0.1) is 0 Å². The second-order valence-electron chi connectivity index (χ2n) is 3.02. The van der Waals surface area contributed by atoms with Crippen LogP contribution >= 0.6 is 0 Å². The zero-order valence-electron chi connectivity index (χ0n) is 6.55. The summed E-state index contributed by atoms with van der Waals surface area (Å²) in [6.07, 6.45) is 2.29. The molecule has 1 rings (SSSR count). The van der Waals surface area contributed by atoms with Crippen molar-refractivity contribution in [2.45, 2.75) is 19.3 Å². The van der Waals surface area contributed by atoms with Crippen LogP contribution in [0.4, 0.5) is 0 Å². The molecule has 1 heterocycles. The third-order valence-electron chi connectivity index (χ3n) is 2.15. The quantitative estimate of drug-likeness (QED) is 0.652. The molecule has 11 heavy (non-hydrogen) atoms. The van der Waals surface area contributed by atoms with Crippen LogP contribution in [0.15, 0.2) is 0 Å². The molecule has 62 valence electrons. The molecular formula is C8H13NO2. The Hall–Kier alpha value is -0.590. The predicted octanol–water partition coefficient (Wildman–Crippen LogP) is 0.689. The highest BCUT2D eigenvalue weighted by Crippen LogP contribution is 2.32. The standard InChI is InChI=1S/C8H13NO2/c9-6-8(2-1-4-10)3-5-11-7-8/h10H,1-5,7H2. The van der Waals surface area contributed by atoms with E-state index in [1.165, 1.54) is 0 Å². The number of nitrogens with zero attached hydrogens (tertiary/aromatic N) is 1. The van der Waals surface area contributed by atoms with Crippen molar-refractivity contribution in [3.05, 3.63) is 0 Å². The number of nitriles is 1. The lowest BCUT2D eigenvalue weighted by Crippen LogP contribution is -2.18. The zero-order valence-corrected chi connectivity index (χ0v) is 6.55. The fourth-order valence-corrected chi connectivity index (χ4v) is 1.37. The van der Waals surface area contributed by atoms with Gasteiger partial charge in [-0.3, -0.25) is 0 Å². The maximum absolute atomic E-state index is 8.83. The average Bonchev–Trinajstić information content (AvgIpc) is 2.50. The molecule has 0 bridgehead atoms. The van der Waals surface area contributed by atoms with E-state index in [2.05, 4.69) is 6.07 Å². The monoisotopic (exact) mass is 155 g/mol. The minimum absolute atomic E-state index is 0.170. The summed E-state index contributed by atoms with van der Waals surface area (Å²) in [6, 6.07) is 2.28. The van der Waals surface area contributed by atoms with Gasteiger partial charge in [-0.1, -0.05) is 0 Å². The second-order valence-corrected chi connectivity index (χ2v) is 3.02. The maximum Gasteiger partial charge on any atom is 0.0829 e. The van der Waals surface area contributed by atoms with Gasteiger partial charge in [0, 0.05) is 13.2 Å². The molecule has 1 aliphatic heterocycles. The summed E-state index contributed by atoms with van der Waals surface area (Å²) in [5, 5.41) is 17.4. The van der Waals surface area contributed by atoms with Gasteiger partial charge >= 0.3 is 0 Å². The molecule has 1 N–H and O–H groups in total. The lowest BCUT2D eigenvalue weighted by Gasteiger charge is -2.16. The Labute approximate surface area is 66.6 Å². The largest absolute Gasteiger partial charge is 0.396 e. The van der Waals surface area contributed by atoms with Crippen molar-refractivity contribution in [2.24, 2.45) is 5.41 Å². The van der Waals surface area contributed by atoms with Crippen molar-refractivity contribution >= 4 is 0 Å². The fraction of sp³-hybridized carbons (Fsp3) is 0.875. The Morgan fingerprint density at radius 1 is 1.64 bits per heavy atom. The Kier molecular flexibility index (Phi) is 2.86. The number of aliphatic hydroxyl groups excluding tert-OH is 1. The van der Waals surface area contributed by atoms with E-state index in [0.717, 1.165) is 12.8 Å². The molecule has 0 radical (unpaired) electrons. The molecule has 0 aliphatic carbocycles. The summed E-state index contributed by atoms with van der Waals surface area (Å²) in [5.41, 5.74) is -0.289. The Bertz CT molecular complexity index is 156. The lowest BCUT2D eigenvalue weighted by atomic mass is 9.84. The van der Waals surface area contributed by atoms with Gasteiger partial charge in [0.2, 0.25) is 0 Å². The lowest BCUT2D eigenvalue weighted by molar-refractivity contribution is 0.163. The smallest absolute Gasteiger partial charge is 0.0829 e. The van der Waals surface area contributed by atoms with Gasteiger partial charge in [-0.05, 0) is 19.3 Å². The Balaban J connectivity index is 2.41. The van der Waals surface area contributed by atoms with Gasteiger partial charge in [0.1, 0.15) is 0 Å². The SMILES string of the molecule is N#CC1(CCCO)CCOC1. The van der Waals surface area contributed by atoms with Gasteiger partial charge in [-0.25, -0.2) is 0 Å². The molecule has 1 saturated heterocycles. The van der Waals surface area contributed by atoms with Crippen LogP contribution in [-0.4, -0.2) is 24.9 Å². The van der Waals surface area contributed by atoms with Gasteiger partial charge in [0.05, 0.1) is 18.1 Å². The summed E-state index contributed by atoms with van der Waals surface area (Å²) < 4.78 is 5.14. The molecule has 0 aromatic carbocycles. The highest BCUT2D eigenvalue weighted by Gasteiger charge is 2.34. The van der Waals surface area contributed by atoms with Crippen molar-refractivity contribution in [1.29, 1.82) is 5.26 Å². The summed E-state index contributed by atoms with van der Waals surface area (Å²) in [6.45, 7) is 1.41. The van der Waals surface area contributed by atoms with E-state index in [4.69, 9.17) is 15.1 Å². The first kappa shape index (κ1) is 8.51. The van der Waals surface area contributed by atoms with E-state index in [-0.39, 0.29) is 12.0 Å². The van der Waals surface area contributed by atoms with E-state index < -0.39 is 0 Å². The number of rotatable bonds is 3. The number of hydrogen-bond acceptors (Lipinski definition) is 3. The van der Waals surface area contributed by atoms with Crippen molar-refractivity contribution in [3.63, 3.8) is 0 Å². The van der Waals surface area contributed by atoms with E-state index in [1.54, 1.807) is 0 Å². The van der Waals surface area contributed by atoms with E-state index >= 15 is 0 Å². The molecule has 1 aliphatic rings. The van der Waals surface area contributed by atoms with Gasteiger partial charge < -0.3 is 9.84 Å². The van der Waals surface area contributed by atoms with Crippen LogP contribution in [0.5, 0.6) is 0 Å². The summed E-state index contributed by atoms with van der Waals surface area (Å²) in [7, 11) is 0. The minimum atomic E-state index is -0.289. The molecule has 0 amide bonds. The molecule has 3 heteroatoms. The highest BCUT2D eigenvalue weighted by atomic mass is 16.5. The van der Waals surface area contributed by atoms with Crippen LogP contribution in [-0.2, 0) is 4.74 Å². The van der Waals surface area contributed by atoms with E-state index in [0.29, 0.717) is 19.6 Å². The summed E-state index contributed by atoms with van der Waals surface area (Å²) >= 11 is 0. The topological polar surface area (TPSA) is 53.2 Å². The maximum atomic E-state index is 8.83. The van der Waals surface area contributed by atoms with Crippen LogP contribution in [0.25, 0.3) is 0 Å². The van der Waals surface area contributed by atoms with Crippen LogP contribution in [0, 0.1) is 16.7 Å². The molecule has 0 spiro atoms. The van der Waals surface area contributed by atoms with Crippen LogP contribution in [0.3, 0.4) is 0 Å². The van der Waals surface area contributed by atoms with Crippen molar-refractivity contribution < 1.29 is 9.84 Å². The van der Waals surface area contributed by atoms with Crippen LogP contribution in [0.2, 0.25) is 0 Å². The Morgan fingerprint density at radius 2 is 2.45 bits per heavy atom. The zero-order chi connectivity index (χ0) is 8.16. The summed E-state index contributed by atoms with van der Waals surface area (Å²) in [5.74, 6) is 0. The third-order valence-corrected chi connectivity index (χ3v) is 2.15. The fourth-order valence-electron chi connectivity index (χ4n) is 1.37. The van der Waals surface area contributed by atoms with Crippen LogP contribution in [0.1, 0.15) is 19.3 Å². The highest BCUT2D eigenvalue weighted by molar-refractivity contribution is 5.01. The third kappa shape index (κ3) is 1.92. The molecule has 1 unspecified atom stereocenters. The molecular weight excluding hydrogens is 142 g/mol. The van der Waals surface area contributed by atoms with Gasteiger partial charge in [-0.2, -0.15) is 5.26 Å². The second kappa shape index (κ2) is 3.70. The van der Waals surface area contributed by atoms with Gasteiger partial charge in [0.15, 0.2) is 0 Å². The molecule has 0 aromatic rings. The average molecular weight is 155 g/mol. The first-order valence-electron chi connectivity index (χ1n) is 3.93.